The number of rotatable bonds is 2. The molecule has 2 nitrogen and oxygen atoms in total. The molecule has 0 aliphatic carbocycles. The number of ether oxygens (including phenoxy) is 1. The first-order valence-electron chi connectivity index (χ1n) is 2.82. The highest BCUT2D eigenvalue weighted by molar-refractivity contribution is 7.79. The Hall–Kier alpha value is -0.960. The van der Waals surface area contributed by atoms with Gasteiger partial charge in [-0.15, -0.1) is 0 Å². The van der Waals surface area contributed by atoms with E-state index in [1.165, 1.54) is 0 Å². The van der Waals surface area contributed by atoms with Gasteiger partial charge >= 0.3 is 0 Å². The minimum atomic E-state index is 0.612. The number of hydrogen-bond donors (Lipinski definition) is 0. The van der Waals surface area contributed by atoms with Crippen LogP contribution in [0.15, 0.2) is 18.3 Å². The van der Waals surface area contributed by atoms with E-state index in [1.807, 2.05) is 6.07 Å². The molecule has 0 spiro atoms. The summed E-state index contributed by atoms with van der Waals surface area (Å²) in [6.45, 7) is 0. The number of nitrogens with zero attached hydrogens (tertiary/aromatic N) is 1. The fourth-order valence-corrected chi connectivity index (χ4v) is 0.722. The van der Waals surface area contributed by atoms with E-state index >= 15 is 0 Å². The van der Waals surface area contributed by atoms with Crippen molar-refractivity contribution in [3.63, 3.8) is 0 Å². The Labute approximate surface area is 64.9 Å². The second-order valence-electron chi connectivity index (χ2n) is 1.75. The second kappa shape index (κ2) is 3.27. The lowest BCUT2D eigenvalue weighted by atomic mass is 10.3. The number of methoxy groups -OCH3 is 1. The van der Waals surface area contributed by atoms with Gasteiger partial charge in [-0.1, -0.05) is 12.2 Å². The molecule has 0 atom stereocenters. The molecule has 0 bridgehead atoms. The highest BCUT2D eigenvalue weighted by Gasteiger charge is 1.89. The molecule has 0 fully saturated rings. The fourth-order valence-electron chi connectivity index (χ4n) is 0.582. The molecule has 1 aromatic heterocycles. The van der Waals surface area contributed by atoms with Crippen molar-refractivity contribution in [1.29, 1.82) is 0 Å². The van der Waals surface area contributed by atoms with Crippen molar-refractivity contribution in [3.05, 3.63) is 23.9 Å². The van der Waals surface area contributed by atoms with E-state index in [1.54, 1.807) is 24.7 Å². The first kappa shape index (κ1) is 7.15. The maximum Gasteiger partial charge on any atom is 0.212 e. The molecule has 0 aromatic carbocycles. The summed E-state index contributed by atoms with van der Waals surface area (Å²) in [5.74, 6) is 0.612. The third kappa shape index (κ3) is 1.51. The van der Waals surface area contributed by atoms with Gasteiger partial charge in [0.25, 0.3) is 0 Å². The van der Waals surface area contributed by atoms with Gasteiger partial charge in [0, 0.05) is 23.2 Å². The first-order chi connectivity index (χ1) is 4.86. The second-order valence-corrected chi connectivity index (χ2v) is 1.99. The van der Waals surface area contributed by atoms with Crippen LogP contribution in [0.3, 0.4) is 0 Å². The average molecular weight is 153 g/mol. The van der Waals surface area contributed by atoms with E-state index < -0.39 is 0 Å². The van der Waals surface area contributed by atoms with Crippen LogP contribution in [-0.2, 0) is 0 Å². The van der Waals surface area contributed by atoms with E-state index in [2.05, 4.69) is 4.98 Å². The zero-order valence-corrected chi connectivity index (χ0v) is 6.39. The minimum Gasteiger partial charge on any atom is -0.481 e. The highest BCUT2D eigenvalue weighted by atomic mass is 32.1. The molecule has 1 aromatic rings. The Morgan fingerprint density at radius 1 is 1.60 bits per heavy atom. The molecule has 3 heteroatoms. The number of aromatic nitrogens is 1. The molecule has 0 aliphatic rings. The van der Waals surface area contributed by atoms with Gasteiger partial charge < -0.3 is 4.74 Å². The zero-order valence-electron chi connectivity index (χ0n) is 5.57. The van der Waals surface area contributed by atoms with Gasteiger partial charge in [0.2, 0.25) is 5.88 Å². The summed E-state index contributed by atoms with van der Waals surface area (Å²) in [5, 5.41) is 1.58. The van der Waals surface area contributed by atoms with E-state index in [4.69, 9.17) is 17.0 Å². The van der Waals surface area contributed by atoms with Crippen LogP contribution in [0.5, 0.6) is 5.88 Å². The lowest BCUT2D eigenvalue weighted by Crippen LogP contribution is -1.87. The normalized spacial score (nSPS) is 8.90. The van der Waals surface area contributed by atoms with Gasteiger partial charge in [0.1, 0.15) is 0 Å². The summed E-state index contributed by atoms with van der Waals surface area (Å²) in [7, 11) is 1.58. The molecule has 0 radical (unpaired) electrons. The summed E-state index contributed by atoms with van der Waals surface area (Å²) < 4.78 is 4.85. The topological polar surface area (TPSA) is 22.1 Å². The van der Waals surface area contributed by atoms with E-state index in [-0.39, 0.29) is 0 Å². The molecular weight excluding hydrogens is 146 g/mol. The molecule has 0 saturated carbocycles. The molecule has 0 unspecified atom stereocenters. The average Bonchev–Trinajstić information content (AvgIpc) is 2.05. The molecule has 1 rings (SSSR count). The fraction of sp³-hybridized carbons (Fsp3) is 0.143. The van der Waals surface area contributed by atoms with Crippen molar-refractivity contribution in [2.45, 2.75) is 0 Å². The predicted octanol–water partition coefficient (Wildman–Crippen LogP) is 1.44. The van der Waals surface area contributed by atoms with E-state index in [9.17, 15) is 0 Å². The third-order valence-corrected chi connectivity index (χ3v) is 1.38. The molecule has 1 heterocycles. The minimum absolute atomic E-state index is 0.612. The molecular formula is C7H7NOS. The number of hydrogen-bond acceptors (Lipinski definition) is 3. The summed E-state index contributed by atoms with van der Waals surface area (Å²) in [4.78, 5) is 3.95. The largest absolute Gasteiger partial charge is 0.481 e. The van der Waals surface area contributed by atoms with Crippen LogP contribution in [-0.4, -0.2) is 17.5 Å². The summed E-state index contributed by atoms with van der Waals surface area (Å²) in [5.41, 5.74) is 0.927. The van der Waals surface area contributed by atoms with Crippen LogP contribution >= 0.6 is 12.2 Å². The summed E-state index contributed by atoms with van der Waals surface area (Å²) >= 11 is 4.69. The van der Waals surface area contributed by atoms with Crippen molar-refractivity contribution in [2.24, 2.45) is 0 Å². The van der Waals surface area contributed by atoms with E-state index in [0.29, 0.717) is 5.88 Å². The Bertz CT molecular complexity index is 220. The van der Waals surface area contributed by atoms with Gasteiger partial charge in [-0.2, -0.15) is 0 Å². The predicted molar refractivity (Wildman–Crippen MR) is 43.5 cm³/mol. The van der Waals surface area contributed by atoms with Gasteiger partial charge in [-0.3, -0.25) is 0 Å². The SMILES string of the molecule is COc1ccc(C=S)cn1. The zero-order chi connectivity index (χ0) is 7.40. The Kier molecular flexibility index (Phi) is 2.34. The third-order valence-electron chi connectivity index (χ3n) is 1.10. The molecule has 0 aliphatic heterocycles. The van der Waals surface area contributed by atoms with Crippen molar-refractivity contribution in [3.8, 4) is 5.88 Å². The molecule has 0 amide bonds. The molecule has 0 saturated heterocycles. The van der Waals surface area contributed by atoms with Crippen molar-refractivity contribution in [2.75, 3.05) is 7.11 Å². The number of pyridine rings is 1. The maximum atomic E-state index is 4.85. The van der Waals surface area contributed by atoms with Crippen LogP contribution in [0, 0.1) is 0 Å². The standard InChI is InChI=1S/C7H7NOS/c1-9-7-3-2-6(5-10)4-8-7/h2-5H,1H3. The van der Waals surface area contributed by atoms with Crippen LogP contribution in [0.1, 0.15) is 5.56 Å². The molecule has 0 N–H and O–H groups in total. The summed E-state index contributed by atoms with van der Waals surface area (Å²) in [6.07, 6.45) is 1.67. The Morgan fingerprint density at radius 2 is 2.40 bits per heavy atom. The van der Waals surface area contributed by atoms with Crippen molar-refractivity contribution >= 4 is 17.6 Å². The maximum absolute atomic E-state index is 4.85. The van der Waals surface area contributed by atoms with Crippen LogP contribution in [0.25, 0.3) is 0 Å². The highest BCUT2D eigenvalue weighted by Crippen LogP contribution is 2.04. The van der Waals surface area contributed by atoms with Crippen LogP contribution < -0.4 is 4.74 Å². The quantitative estimate of drug-likeness (QED) is 0.600. The van der Waals surface area contributed by atoms with Crippen LogP contribution in [0.2, 0.25) is 0 Å². The van der Waals surface area contributed by atoms with Gasteiger partial charge in [-0.05, 0) is 6.07 Å². The molecule has 10 heavy (non-hydrogen) atoms. The monoisotopic (exact) mass is 153 g/mol. The van der Waals surface area contributed by atoms with Crippen molar-refractivity contribution in [1.82, 2.24) is 4.98 Å². The Balaban J connectivity index is 2.90. The number of thiocarbonyl (C=S) groups is 1. The van der Waals surface area contributed by atoms with Gasteiger partial charge in [-0.25, -0.2) is 4.98 Å². The first-order valence-corrected chi connectivity index (χ1v) is 3.29. The molecule has 52 valence electrons. The lowest BCUT2D eigenvalue weighted by molar-refractivity contribution is 0.398. The Morgan fingerprint density at radius 3 is 2.80 bits per heavy atom. The van der Waals surface area contributed by atoms with Crippen molar-refractivity contribution < 1.29 is 4.74 Å². The van der Waals surface area contributed by atoms with E-state index in [0.717, 1.165) is 5.56 Å². The van der Waals surface area contributed by atoms with Crippen LogP contribution in [0.4, 0.5) is 0 Å². The summed E-state index contributed by atoms with van der Waals surface area (Å²) in [6, 6.07) is 3.64. The lowest BCUT2D eigenvalue weighted by Gasteiger charge is -1.95. The van der Waals surface area contributed by atoms with Gasteiger partial charge in [0.05, 0.1) is 7.11 Å². The van der Waals surface area contributed by atoms with Gasteiger partial charge in [0.15, 0.2) is 0 Å². The smallest absolute Gasteiger partial charge is 0.212 e.